The molecule has 4 heteroatoms. The van der Waals surface area contributed by atoms with E-state index in [-0.39, 0.29) is 11.6 Å². The zero-order valence-corrected chi connectivity index (χ0v) is 32.3. The standard InChI is InChI=1S/C56H35F2NO/c57-44-23-31-49-50-32-24-45(58)35-52(50)56-54(51(49)34-44)53(55(60-56)43-16-15-38-13-7-8-14-42(38)33-43)41-21-29-48(30-22-41)59(46-25-17-39(18-26-46)36-9-3-1-4-10-36)47-27-19-40(20-28-47)37-11-5-2-6-12-37/h1-35H. The predicted molar refractivity (Wildman–Crippen MR) is 245 cm³/mol. The van der Waals surface area contributed by atoms with Crippen LogP contribution in [-0.4, -0.2) is 0 Å². The second-order valence-electron chi connectivity index (χ2n) is 15.2. The summed E-state index contributed by atoms with van der Waals surface area (Å²) in [5.74, 6) is -0.0866. The van der Waals surface area contributed by atoms with Crippen LogP contribution in [0.5, 0.6) is 0 Å². The molecule has 0 radical (unpaired) electrons. The van der Waals surface area contributed by atoms with Gasteiger partial charge in [-0.05, 0) is 121 Å². The van der Waals surface area contributed by atoms with Gasteiger partial charge in [-0.3, -0.25) is 0 Å². The average Bonchev–Trinajstić information content (AvgIpc) is 3.72. The van der Waals surface area contributed by atoms with E-state index < -0.39 is 0 Å². The molecule has 0 atom stereocenters. The number of furan rings is 1. The first-order chi connectivity index (χ1) is 29.6. The van der Waals surface area contributed by atoms with Crippen LogP contribution >= 0.6 is 0 Å². The molecular weight excluding hydrogens is 741 g/mol. The van der Waals surface area contributed by atoms with Crippen molar-refractivity contribution in [2.75, 3.05) is 4.90 Å². The molecule has 10 aromatic carbocycles. The van der Waals surface area contributed by atoms with Crippen molar-refractivity contribution in [3.63, 3.8) is 0 Å². The van der Waals surface area contributed by atoms with E-state index in [1.807, 2.05) is 24.3 Å². The van der Waals surface area contributed by atoms with E-state index in [1.54, 1.807) is 18.2 Å². The maximum atomic E-state index is 15.3. The van der Waals surface area contributed by atoms with Crippen molar-refractivity contribution in [1.82, 2.24) is 0 Å². The summed E-state index contributed by atoms with van der Waals surface area (Å²) < 4.78 is 37.3. The van der Waals surface area contributed by atoms with E-state index in [4.69, 9.17) is 4.42 Å². The third-order valence-electron chi connectivity index (χ3n) is 11.6. The lowest BCUT2D eigenvalue weighted by atomic mass is 9.92. The minimum atomic E-state index is -0.367. The van der Waals surface area contributed by atoms with Gasteiger partial charge in [0.1, 0.15) is 23.0 Å². The number of nitrogens with zero attached hydrogens (tertiary/aromatic N) is 1. The Balaban J connectivity index is 1.11. The Bertz CT molecular complexity index is 3270. The summed E-state index contributed by atoms with van der Waals surface area (Å²) in [7, 11) is 0. The molecule has 0 unspecified atom stereocenters. The van der Waals surface area contributed by atoms with Crippen LogP contribution in [0.3, 0.4) is 0 Å². The van der Waals surface area contributed by atoms with Gasteiger partial charge in [0.05, 0.1) is 0 Å². The highest BCUT2D eigenvalue weighted by molar-refractivity contribution is 6.28. The van der Waals surface area contributed by atoms with Gasteiger partial charge in [-0.15, -0.1) is 0 Å². The third-order valence-corrected chi connectivity index (χ3v) is 11.6. The first kappa shape index (κ1) is 35.4. The molecule has 0 saturated heterocycles. The monoisotopic (exact) mass is 775 g/mol. The molecule has 2 nitrogen and oxygen atoms in total. The zero-order chi connectivity index (χ0) is 40.2. The fourth-order valence-electron chi connectivity index (χ4n) is 8.68. The highest BCUT2D eigenvalue weighted by atomic mass is 19.1. The number of halogens is 2. The highest BCUT2D eigenvalue weighted by Crippen LogP contribution is 2.48. The average molecular weight is 776 g/mol. The van der Waals surface area contributed by atoms with Crippen LogP contribution in [0.1, 0.15) is 0 Å². The van der Waals surface area contributed by atoms with Gasteiger partial charge in [0.2, 0.25) is 0 Å². The predicted octanol–water partition coefficient (Wildman–Crippen LogP) is 16.3. The topological polar surface area (TPSA) is 16.4 Å². The van der Waals surface area contributed by atoms with Crippen molar-refractivity contribution in [1.29, 1.82) is 0 Å². The summed E-state index contributed by atoms with van der Waals surface area (Å²) in [6, 6.07) is 70.5. The molecule has 1 aromatic heterocycles. The van der Waals surface area contributed by atoms with E-state index in [2.05, 4.69) is 157 Å². The summed E-state index contributed by atoms with van der Waals surface area (Å²) in [6.07, 6.45) is 0. The molecule has 0 amide bonds. The maximum Gasteiger partial charge on any atom is 0.144 e. The van der Waals surface area contributed by atoms with Crippen molar-refractivity contribution in [2.24, 2.45) is 0 Å². The van der Waals surface area contributed by atoms with Crippen LogP contribution in [-0.2, 0) is 0 Å². The van der Waals surface area contributed by atoms with Gasteiger partial charge in [0.15, 0.2) is 0 Å². The molecule has 0 aliphatic carbocycles. The van der Waals surface area contributed by atoms with Gasteiger partial charge in [0, 0.05) is 39.0 Å². The largest absolute Gasteiger partial charge is 0.455 e. The first-order valence-corrected chi connectivity index (χ1v) is 20.0. The van der Waals surface area contributed by atoms with Gasteiger partial charge in [0.25, 0.3) is 0 Å². The Kier molecular flexibility index (Phi) is 8.56. The molecule has 11 rings (SSSR count). The molecule has 1 heterocycles. The van der Waals surface area contributed by atoms with E-state index in [1.165, 1.54) is 18.2 Å². The minimum absolute atomic E-state index is 0.354. The Morgan fingerprint density at radius 3 is 1.35 bits per heavy atom. The van der Waals surface area contributed by atoms with E-state index in [0.29, 0.717) is 22.1 Å². The van der Waals surface area contributed by atoms with Crippen molar-refractivity contribution in [3.05, 3.63) is 224 Å². The lowest BCUT2D eigenvalue weighted by molar-refractivity contribution is 0.625. The van der Waals surface area contributed by atoms with Gasteiger partial charge in [-0.25, -0.2) is 8.78 Å². The number of rotatable bonds is 7. The molecule has 0 saturated carbocycles. The third kappa shape index (κ3) is 6.18. The lowest BCUT2D eigenvalue weighted by Gasteiger charge is -2.26. The summed E-state index contributed by atoms with van der Waals surface area (Å²) in [5, 5.41) is 5.88. The van der Waals surface area contributed by atoms with Gasteiger partial charge >= 0.3 is 0 Å². The first-order valence-electron chi connectivity index (χ1n) is 20.0. The molecule has 0 aliphatic rings. The number of hydrogen-bond acceptors (Lipinski definition) is 2. The Hall–Kier alpha value is -7.82. The minimum Gasteiger partial charge on any atom is -0.455 e. The van der Waals surface area contributed by atoms with Crippen molar-refractivity contribution in [3.8, 4) is 44.7 Å². The van der Waals surface area contributed by atoms with E-state index in [9.17, 15) is 0 Å². The normalized spacial score (nSPS) is 11.5. The Morgan fingerprint density at radius 2 is 0.783 bits per heavy atom. The SMILES string of the molecule is Fc1ccc2c3ccc(F)cc3c3c(-c4ccc(N(c5ccc(-c6ccccc6)cc5)c5ccc(-c6ccccc6)cc5)cc4)c(-c4ccc5ccccc5c4)oc3c2c1. The second-order valence-corrected chi connectivity index (χ2v) is 15.2. The number of hydrogen-bond donors (Lipinski definition) is 0. The fourth-order valence-corrected chi connectivity index (χ4v) is 8.68. The highest BCUT2D eigenvalue weighted by Gasteiger charge is 2.24. The van der Waals surface area contributed by atoms with Crippen LogP contribution in [0.25, 0.3) is 88.0 Å². The molecule has 0 bridgehead atoms. The zero-order valence-electron chi connectivity index (χ0n) is 32.3. The maximum absolute atomic E-state index is 15.3. The van der Waals surface area contributed by atoms with E-state index in [0.717, 1.165) is 82.9 Å². The van der Waals surface area contributed by atoms with Gasteiger partial charge in [-0.2, -0.15) is 0 Å². The number of fused-ring (bicyclic) bond motifs is 7. The van der Waals surface area contributed by atoms with Gasteiger partial charge < -0.3 is 9.32 Å². The summed E-state index contributed by atoms with van der Waals surface area (Å²) in [4.78, 5) is 2.26. The molecule has 0 aliphatic heterocycles. The van der Waals surface area contributed by atoms with E-state index >= 15 is 8.78 Å². The molecule has 0 N–H and O–H groups in total. The molecule has 0 fully saturated rings. The summed E-state index contributed by atoms with van der Waals surface area (Å²) in [6.45, 7) is 0. The summed E-state index contributed by atoms with van der Waals surface area (Å²) >= 11 is 0. The Morgan fingerprint density at radius 1 is 0.333 bits per heavy atom. The molecular formula is C56H35F2NO. The number of anilines is 3. The quantitative estimate of drug-likeness (QED) is 0.150. The second kappa shape index (κ2) is 14.5. The molecule has 60 heavy (non-hydrogen) atoms. The van der Waals surface area contributed by atoms with Gasteiger partial charge in [-0.1, -0.05) is 146 Å². The number of benzene rings is 10. The molecule has 0 spiro atoms. The Labute approximate surface area is 345 Å². The van der Waals surface area contributed by atoms with Crippen molar-refractivity contribution >= 4 is 60.3 Å². The van der Waals surface area contributed by atoms with Crippen LogP contribution < -0.4 is 4.90 Å². The molecule has 284 valence electrons. The van der Waals surface area contributed by atoms with Crippen LogP contribution in [0.15, 0.2) is 217 Å². The van der Waals surface area contributed by atoms with Crippen molar-refractivity contribution < 1.29 is 13.2 Å². The smallest absolute Gasteiger partial charge is 0.144 e. The summed E-state index contributed by atoms with van der Waals surface area (Å²) in [5.41, 5.74) is 10.7. The lowest BCUT2D eigenvalue weighted by Crippen LogP contribution is -2.09. The molecule has 11 aromatic rings. The van der Waals surface area contributed by atoms with Crippen LogP contribution in [0.2, 0.25) is 0 Å². The van der Waals surface area contributed by atoms with Crippen molar-refractivity contribution in [2.45, 2.75) is 0 Å². The van der Waals surface area contributed by atoms with Crippen LogP contribution in [0.4, 0.5) is 25.8 Å². The fraction of sp³-hybridized carbons (Fsp3) is 0. The van der Waals surface area contributed by atoms with Crippen LogP contribution in [0, 0.1) is 11.6 Å².